The number of fused-ring (bicyclic) bond motifs is 1. The van der Waals surface area contributed by atoms with Crippen molar-refractivity contribution in [2.75, 3.05) is 34.3 Å². The number of methoxy groups -OCH3 is 1. The van der Waals surface area contributed by atoms with Crippen LogP contribution in [0.1, 0.15) is 18.1 Å². The smallest absolute Gasteiger partial charge is 0.244 e. The quantitative estimate of drug-likeness (QED) is 0.452. The van der Waals surface area contributed by atoms with Gasteiger partial charge in [0.05, 0.1) is 18.4 Å². The number of furan rings is 1. The highest BCUT2D eigenvalue weighted by Crippen LogP contribution is 2.42. The first-order valence-electron chi connectivity index (χ1n) is 9.88. The van der Waals surface area contributed by atoms with E-state index in [-0.39, 0.29) is 5.91 Å². The molecule has 164 valence electrons. The first-order valence-corrected chi connectivity index (χ1v) is 10.6. The van der Waals surface area contributed by atoms with Crippen molar-refractivity contribution in [1.82, 2.24) is 10.2 Å². The van der Waals surface area contributed by atoms with Crippen molar-refractivity contribution in [2.24, 2.45) is 0 Å². The molecule has 0 unspecified atom stereocenters. The Morgan fingerprint density at radius 3 is 2.61 bits per heavy atom. The number of carbonyl (C=O) groups is 1. The summed E-state index contributed by atoms with van der Waals surface area (Å²) in [6.45, 7) is 5.18. The molecule has 5 nitrogen and oxygen atoms in total. The van der Waals surface area contributed by atoms with Crippen LogP contribution in [0.4, 0.5) is 0 Å². The van der Waals surface area contributed by atoms with Crippen LogP contribution in [-0.2, 0) is 4.79 Å². The van der Waals surface area contributed by atoms with Crippen LogP contribution in [0.5, 0.6) is 5.75 Å². The van der Waals surface area contributed by atoms with Crippen LogP contribution in [0.2, 0.25) is 10.0 Å². The van der Waals surface area contributed by atoms with Gasteiger partial charge in [0.2, 0.25) is 5.91 Å². The lowest BCUT2D eigenvalue weighted by Crippen LogP contribution is -2.30. The fourth-order valence-electron chi connectivity index (χ4n) is 3.52. The molecule has 2 aromatic carbocycles. The fourth-order valence-corrected chi connectivity index (χ4v) is 4.03. The lowest BCUT2D eigenvalue weighted by atomic mass is 9.96. The van der Waals surface area contributed by atoms with Gasteiger partial charge in [0.25, 0.3) is 0 Å². The molecule has 0 saturated carbocycles. The van der Waals surface area contributed by atoms with E-state index in [0.29, 0.717) is 27.9 Å². The summed E-state index contributed by atoms with van der Waals surface area (Å²) in [5.74, 6) is 0.526. The van der Waals surface area contributed by atoms with Crippen LogP contribution in [0, 0.1) is 6.92 Å². The molecule has 0 aliphatic heterocycles. The molecule has 1 amide bonds. The van der Waals surface area contributed by atoms with Crippen LogP contribution in [0.15, 0.2) is 41.0 Å². The highest BCUT2D eigenvalue weighted by atomic mass is 35.5. The molecule has 0 atom stereocenters. The number of likely N-dealkylation sites (N-methyl/N-ethyl adjacent to an activating group) is 1. The summed E-state index contributed by atoms with van der Waals surface area (Å²) in [4.78, 5) is 14.4. The van der Waals surface area contributed by atoms with Crippen LogP contribution in [-0.4, -0.2) is 45.1 Å². The standard InChI is InChI=1S/C24H26Cl2N2O3/c1-14(10-22(29)27-8-9-28(3)4)18-12-19-20(17-7-6-16(25)11-21(17)26)13-31-24(19)15(2)23(18)30-5/h6-7,10-13H,8-9H2,1-5H3,(H,27,29)/b14-10+. The monoisotopic (exact) mass is 460 g/mol. The lowest BCUT2D eigenvalue weighted by Gasteiger charge is -2.14. The molecule has 0 saturated heterocycles. The minimum Gasteiger partial charge on any atom is -0.496 e. The third kappa shape index (κ3) is 5.06. The fraction of sp³-hybridized carbons (Fsp3) is 0.292. The SMILES string of the molecule is COc1c(/C(C)=C/C(=O)NCCN(C)C)cc2c(-c3ccc(Cl)cc3Cl)coc2c1C. The first-order chi connectivity index (χ1) is 14.7. The van der Waals surface area contributed by atoms with E-state index < -0.39 is 0 Å². The molecule has 1 heterocycles. The Morgan fingerprint density at radius 2 is 1.97 bits per heavy atom. The molecular weight excluding hydrogens is 435 g/mol. The number of amides is 1. The second kappa shape index (κ2) is 9.77. The first kappa shape index (κ1) is 23.2. The number of nitrogens with zero attached hydrogens (tertiary/aromatic N) is 1. The molecule has 1 N–H and O–H groups in total. The van der Waals surface area contributed by atoms with Crippen molar-refractivity contribution in [1.29, 1.82) is 0 Å². The summed E-state index contributed by atoms with van der Waals surface area (Å²) in [6.07, 6.45) is 3.27. The van der Waals surface area contributed by atoms with E-state index in [1.54, 1.807) is 31.6 Å². The Morgan fingerprint density at radius 1 is 1.23 bits per heavy atom. The van der Waals surface area contributed by atoms with E-state index in [0.717, 1.165) is 39.8 Å². The summed E-state index contributed by atoms with van der Waals surface area (Å²) in [5, 5.41) is 4.90. The van der Waals surface area contributed by atoms with Gasteiger partial charge in [0, 0.05) is 51.8 Å². The molecule has 31 heavy (non-hydrogen) atoms. The summed E-state index contributed by atoms with van der Waals surface area (Å²) >= 11 is 12.5. The van der Waals surface area contributed by atoms with Crippen molar-refractivity contribution in [3.63, 3.8) is 0 Å². The Balaban J connectivity index is 2.07. The minimum atomic E-state index is -0.146. The predicted molar refractivity (Wildman–Crippen MR) is 128 cm³/mol. The lowest BCUT2D eigenvalue weighted by molar-refractivity contribution is -0.116. The summed E-state index contributed by atoms with van der Waals surface area (Å²) in [7, 11) is 5.54. The van der Waals surface area contributed by atoms with Crippen LogP contribution in [0.25, 0.3) is 27.7 Å². The molecule has 3 rings (SSSR count). The van der Waals surface area contributed by atoms with Crippen molar-refractivity contribution in [2.45, 2.75) is 13.8 Å². The van der Waals surface area contributed by atoms with E-state index in [1.165, 1.54) is 0 Å². The van der Waals surface area contributed by atoms with Crippen molar-refractivity contribution >= 4 is 45.7 Å². The second-order valence-corrected chi connectivity index (χ2v) is 8.50. The van der Waals surface area contributed by atoms with Crippen molar-refractivity contribution in [3.05, 3.63) is 57.8 Å². The van der Waals surface area contributed by atoms with Gasteiger partial charge in [-0.05, 0) is 51.7 Å². The molecule has 3 aromatic rings. The van der Waals surface area contributed by atoms with Gasteiger partial charge in [0.1, 0.15) is 11.3 Å². The maximum atomic E-state index is 12.4. The van der Waals surface area contributed by atoms with Gasteiger partial charge >= 0.3 is 0 Å². The van der Waals surface area contributed by atoms with E-state index in [1.807, 2.05) is 45.0 Å². The largest absolute Gasteiger partial charge is 0.496 e. The minimum absolute atomic E-state index is 0.146. The van der Waals surface area contributed by atoms with Gasteiger partial charge in [0.15, 0.2) is 0 Å². The number of rotatable bonds is 7. The van der Waals surface area contributed by atoms with Crippen LogP contribution in [0.3, 0.4) is 0 Å². The summed E-state index contributed by atoms with van der Waals surface area (Å²) in [5.41, 5.74) is 4.86. The van der Waals surface area contributed by atoms with Crippen LogP contribution < -0.4 is 10.1 Å². The van der Waals surface area contributed by atoms with Crippen LogP contribution >= 0.6 is 23.2 Å². The van der Waals surface area contributed by atoms with E-state index in [9.17, 15) is 4.79 Å². The van der Waals surface area contributed by atoms with Gasteiger partial charge in [-0.15, -0.1) is 0 Å². The highest BCUT2D eigenvalue weighted by Gasteiger charge is 2.20. The molecule has 7 heteroatoms. The van der Waals surface area contributed by atoms with Crippen molar-refractivity contribution < 1.29 is 13.9 Å². The van der Waals surface area contributed by atoms with Crippen molar-refractivity contribution in [3.8, 4) is 16.9 Å². The molecule has 0 spiro atoms. The van der Waals surface area contributed by atoms with E-state index in [2.05, 4.69) is 5.32 Å². The Bertz CT molecular complexity index is 1150. The van der Waals surface area contributed by atoms with Gasteiger partial charge in [-0.25, -0.2) is 0 Å². The highest BCUT2D eigenvalue weighted by molar-refractivity contribution is 6.36. The van der Waals surface area contributed by atoms with E-state index >= 15 is 0 Å². The number of nitrogens with one attached hydrogen (secondary N) is 1. The Kier molecular flexibility index (Phi) is 7.31. The molecular formula is C24H26Cl2N2O3. The average Bonchev–Trinajstić information content (AvgIpc) is 3.11. The third-order valence-electron chi connectivity index (χ3n) is 5.10. The predicted octanol–water partition coefficient (Wildman–Crippen LogP) is 5.80. The molecule has 0 aliphatic carbocycles. The normalized spacial score (nSPS) is 11.9. The molecule has 0 bridgehead atoms. The maximum Gasteiger partial charge on any atom is 0.244 e. The zero-order valence-electron chi connectivity index (χ0n) is 18.3. The average molecular weight is 461 g/mol. The Hall–Kier alpha value is -2.47. The number of hydrogen-bond donors (Lipinski definition) is 1. The number of ether oxygens (including phenoxy) is 1. The summed E-state index contributed by atoms with van der Waals surface area (Å²) in [6, 6.07) is 7.35. The zero-order chi connectivity index (χ0) is 22.7. The molecule has 0 fully saturated rings. The number of aryl methyl sites for hydroxylation is 1. The maximum absolute atomic E-state index is 12.4. The number of hydrogen-bond acceptors (Lipinski definition) is 4. The number of halogens is 2. The second-order valence-electron chi connectivity index (χ2n) is 7.65. The molecule has 1 aromatic heterocycles. The van der Waals surface area contributed by atoms with Gasteiger partial charge in [-0.2, -0.15) is 0 Å². The number of carbonyl (C=O) groups excluding carboxylic acids is 1. The number of allylic oxidation sites excluding steroid dienone is 1. The summed E-state index contributed by atoms with van der Waals surface area (Å²) < 4.78 is 11.5. The molecule has 0 radical (unpaired) electrons. The van der Waals surface area contributed by atoms with Gasteiger partial charge < -0.3 is 19.4 Å². The van der Waals surface area contributed by atoms with E-state index in [4.69, 9.17) is 32.4 Å². The van der Waals surface area contributed by atoms with Gasteiger partial charge in [-0.3, -0.25) is 4.79 Å². The third-order valence-corrected chi connectivity index (χ3v) is 5.65. The van der Waals surface area contributed by atoms with Gasteiger partial charge in [-0.1, -0.05) is 29.3 Å². The zero-order valence-corrected chi connectivity index (χ0v) is 19.8. The number of benzene rings is 2. The Labute approximate surface area is 192 Å². The molecule has 0 aliphatic rings. The topological polar surface area (TPSA) is 54.7 Å².